The van der Waals surface area contributed by atoms with Crippen molar-refractivity contribution >= 4 is 22.7 Å². The fraction of sp³-hybridized carbons (Fsp3) is 0.273. The fourth-order valence-electron chi connectivity index (χ4n) is 3.43. The maximum absolute atomic E-state index is 14.1. The summed E-state index contributed by atoms with van der Waals surface area (Å²) in [7, 11) is 0. The maximum Gasteiger partial charge on any atom is 0.245 e. The number of aromatic nitrogens is 1. The number of hydrogen-bond donors (Lipinski definition) is 1. The number of benzene rings is 2. The van der Waals surface area contributed by atoms with E-state index in [1.165, 1.54) is 0 Å². The molecule has 2 aromatic carbocycles. The largest absolute Gasteiger partial charge is 0.454 e. The Bertz CT molecular complexity index is 1940. The molecule has 0 aliphatic carbocycles. The highest BCUT2D eigenvalue weighted by atomic mass is 16.7. The van der Waals surface area contributed by atoms with Crippen LogP contribution in [0.2, 0.25) is 0 Å². The molecule has 0 radical (unpaired) electrons. The Labute approximate surface area is 190 Å². The van der Waals surface area contributed by atoms with Gasteiger partial charge in [-0.15, -0.1) is 0 Å². The second-order valence-corrected chi connectivity index (χ2v) is 6.20. The average Bonchev–Trinajstić information content (AvgIpc) is 3.49. The van der Waals surface area contributed by atoms with E-state index in [4.69, 9.17) is 31.4 Å². The maximum atomic E-state index is 14.1. The highest BCUT2D eigenvalue weighted by Crippen LogP contribution is 2.44. The normalized spacial score (nSPS) is 39.4. The van der Waals surface area contributed by atoms with Crippen LogP contribution in [-0.2, 0) is 16.0 Å². The molecule has 0 bridgehead atoms. The number of ether oxygens (including phenoxy) is 2. The van der Waals surface area contributed by atoms with E-state index in [9.17, 15) is 11.0 Å². The molecule has 1 unspecified atom stereocenters. The van der Waals surface area contributed by atoms with Gasteiger partial charge < -0.3 is 24.3 Å². The summed E-state index contributed by atoms with van der Waals surface area (Å²) >= 11 is 0. The van der Waals surface area contributed by atoms with Crippen LogP contribution in [0.5, 0.6) is 11.5 Å². The van der Waals surface area contributed by atoms with Gasteiger partial charge in [-0.3, -0.25) is 9.59 Å². The Kier molecular flexibility index (Phi) is 1.35. The summed E-state index contributed by atoms with van der Waals surface area (Å²) in [5.41, 5.74) is -2.87. The number of nitrogens with one attached hydrogen (secondary N) is 1. The van der Waals surface area contributed by atoms with Crippen molar-refractivity contribution in [2.45, 2.75) is 18.4 Å². The molecule has 1 saturated heterocycles. The molecule has 3 aliphatic rings. The van der Waals surface area contributed by atoms with Gasteiger partial charge >= 0.3 is 0 Å². The predicted molar refractivity (Wildman–Crippen MR) is 105 cm³/mol. The first-order valence-corrected chi connectivity index (χ1v) is 8.18. The van der Waals surface area contributed by atoms with Gasteiger partial charge in [0, 0.05) is 36.8 Å². The number of H-pyrrole nitrogens is 1. The van der Waals surface area contributed by atoms with Crippen LogP contribution in [0.4, 0.5) is 0 Å². The van der Waals surface area contributed by atoms with E-state index in [-0.39, 0.29) is 4.90 Å². The molecule has 0 spiro atoms. The van der Waals surface area contributed by atoms with Gasteiger partial charge in [-0.25, -0.2) is 0 Å². The standard InChI is InChI=1S/C22H19N3O4/c1-24-10-19(26)25-16(22(24)27)9-14-13-4-2-3-5-15(13)23-20(14)21(25)12-6-7-17-18(8-12)29-11-28-17/h2-8,16,21,23H,9-11H2,1H3/t16-,21?/m1/s1/i1D3,2D,3D,4D,5D,6D,7D,8D,9D2,10D2,11D2,16D. The summed E-state index contributed by atoms with van der Waals surface area (Å²) in [6.07, 6.45) is -3.58. The van der Waals surface area contributed by atoms with E-state index >= 15 is 0 Å². The van der Waals surface area contributed by atoms with Crippen molar-refractivity contribution in [3.63, 3.8) is 0 Å². The second-order valence-electron chi connectivity index (χ2n) is 6.20. The Hall–Kier alpha value is -3.48. The minimum atomic E-state index is -3.80. The van der Waals surface area contributed by atoms with E-state index in [0.717, 1.165) is 0 Å². The van der Waals surface area contributed by atoms with Crippen LogP contribution in [-0.4, -0.2) is 52.8 Å². The molecule has 1 N–H and O–H groups in total. The molecule has 1 fully saturated rings. The zero-order valence-electron chi connectivity index (χ0n) is 31.1. The summed E-state index contributed by atoms with van der Waals surface area (Å²) < 4.78 is 152. The van der Waals surface area contributed by atoms with Crippen molar-refractivity contribution in [3.8, 4) is 11.5 Å². The number of aromatic amines is 1. The van der Waals surface area contributed by atoms with E-state index in [0.29, 0.717) is 0 Å². The molecule has 1 aromatic heterocycles. The zero-order valence-corrected chi connectivity index (χ0v) is 14.1. The minimum absolute atomic E-state index is 0.0204. The number of likely N-dealkylation sites (N-methyl/N-ethyl adjacent to an activating group) is 1. The predicted octanol–water partition coefficient (Wildman–Crippen LogP) is 2.21. The van der Waals surface area contributed by atoms with Crippen molar-refractivity contribution in [1.82, 2.24) is 14.8 Å². The van der Waals surface area contributed by atoms with Crippen LogP contribution in [0.15, 0.2) is 42.3 Å². The van der Waals surface area contributed by atoms with Gasteiger partial charge in [-0.2, -0.15) is 0 Å². The number of rotatable bonds is 1. The third-order valence-corrected chi connectivity index (χ3v) is 4.64. The van der Waals surface area contributed by atoms with Crippen molar-refractivity contribution in [2.24, 2.45) is 0 Å². The number of carbonyl (C=O) groups excluding carboxylic acids is 2. The SMILES string of the molecule is [2H]c1c([2H])c(C2c3[nH]c4c([2H])c([2H])c([2H])c([2H])c4c3C([2H])([2H])[C@]3([2H])C(=O)N(C([2H])([2H])[2H])C([2H])([2H])C(=O)N23)c([2H])c2c1OC([2H])([2H])O2. The van der Waals surface area contributed by atoms with Crippen molar-refractivity contribution in [1.29, 1.82) is 0 Å². The first-order chi connectivity index (χ1) is 20.9. The number of carbonyl (C=O) groups is 2. The molecular formula is C22H19N3O4. The van der Waals surface area contributed by atoms with Gasteiger partial charge in [0.15, 0.2) is 11.5 Å². The minimum Gasteiger partial charge on any atom is -0.454 e. The van der Waals surface area contributed by atoms with E-state index in [1.54, 1.807) is 0 Å². The smallest absolute Gasteiger partial charge is 0.245 e. The Morgan fingerprint density at radius 1 is 1.24 bits per heavy atom. The highest BCUT2D eigenvalue weighted by molar-refractivity contribution is 5.97. The third kappa shape index (κ3) is 2.24. The Morgan fingerprint density at radius 2 is 2.10 bits per heavy atom. The van der Waals surface area contributed by atoms with Crippen LogP contribution in [0.1, 0.15) is 46.2 Å². The molecule has 7 nitrogen and oxygen atoms in total. The van der Waals surface area contributed by atoms with Crippen LogP contribution in [0.25, 0.3) is 10.9 Å². The Balaban J connectivity index is 1.83. The molecule has 0 saturated carbocycles. The molecule has 7 heteroatoms. The lowest BCUT2D eigenvalue weighted by molar-refractivity contribution is -0.157. The van der Waals surface area contributed by atoms with Gasteiger partial charge in [0.25, 0.3) is 0 Å². The Morgan fingerprint density at radius 3 is 3.00 bits per heavy atom. The van der Waals surface area contributed by atoms with Crippen LogP contribution < -0.4 is 9.47 Å². The van der Waals surface area contributed by atoms with Crippen LogP contribution in [0.3, 0.4) is 0 Å². The van der Waals surface area contributed by atoms with Crippen molar-refractivity contribution < 1.29 is 42.4 Å². The molecule has 3 aliphatic heterocycles. The summed E-state index contributed by atoms with van der Waals surface area (Å²) in [4.78, 5) is 30.1. The number of piperazine rings is 1. The van der Waals surface area contributed by atoms with E-state index in [1.807, 2.05) is 0 Å². The lowest BCUT2D eigenvalue weighted by Crippen LogP contribution is -2.62. The van der Waals surface area contributed by atoms with Gasteiger partial charge in [-0.05, 0) is 29.3 Å². The van der Waals surface area contributed by atoms with E-state index < -0.39 is 137 Å². The second kappa shape index (κ2) is 5.76. The number of amides is 2. The molecule has 6 rings (SSSR count). The molecule has 2 atom stereocenters. The average molecular weight is 407 g/mol. The first kappa shape index (κ1) is 6.79. The molecular weight excluding hydrogens is 370 g/mol. The quantitative estimate of drug-likeness (QED) is 0.672. The van der Waals surface area contributed by atoms with Gasteiger partial charge in [0.2, 0.25) is 18.6 Å². The number of nitrogens with zero attached hydrogens (tertiary/aromatic N) is 2. The lowest BCUT2D eigenvalue weighted by Gasteiger charge is -2.46. The molecule has 4 heterocycles. The topological polar surface area (TPSA) is 74.9 Å². The van der Waals surface area contributed by atoms with E-state index in [2.05, 4.69) is 4.98 Å². The van der Waals surface area contributed by atoms with Gasteiger partial charge in [0.1, 0.15) is 8.76 Å². The van der Waals surface area contributed by atoms with Crippen LogP contribution in [0, 0.1) is 0 Å². The molecule has 3 aromatic rings. The molecule has 2 amide bonds. The number of hydrogen-bond acceptors (Lipinski definition) is 4. The molecule has 146 valence electrons. The summed E-state index contributed by atoms with van der Waals surface area (Å²) in [6.45, 7) is -10.5. The zero-order chi connectivity index (χ0) is 34.6. The highest BCUT2D eigenvalue weighted by Gasteiger charge is 2.47. The summed E-state index contributed by atoms with van der Waals surface area (Å²) in [5, 5.41) is -0.627. The monoisotopic (exact) mass is 406 g/mol. The first-order valence-electron chi connectivity index (χ1n) is 16.7. The fourth-order valence-corrected chi connectivity index (χ4v) is 3.43. The number of para-hydroxylation sites is 1. The van der Waals surface area contributed by atoms with Crippen molar-refractivity contribution in [3.05, 3.63) is 59.1 Å². The van der Waals surface area contributed by atoms with Gasteiger partial charge in [0.05, 0.1) is 26.2 Å². The summed E-state index contributed by atoms with van der Waals surface area (Å²) in [5.74, 6) is -5.59. The lowest BCUT2D eigenvalue weighted by atomic mass is 9.86. The molecule has 29 heavy (non-hydrogen) atoms. The van der Waals surface area contributed by atoms with Gasteiger partial charge in [-0.1, -0.05) is 24.2 Å². The summed E-state index contributed by atoms with van der Waals surface area (Å²) in [6, 6.07) is -12.3. The van der Waals surface area contributed by atoms with Crippen LogP contribution >= 0.6 is 0 Å². The third-order valence-electron chi connectivity index (χ3n) is 4.64. The number of fused-ring (bicyclic) bond motifs is 5. The van der Waals surface area contributed by atoms with Crippen molar-refractivity contribution in [2.75, 3.05) is 20.2 Å².